The van der Waals surface area contributed by atoms with E-state index in [2.05, 4.69) is 0 Å². The molecule has 0 radical (unpaired) electrons. The number of benzene rings is 1. The van der Waals surface area contributed by atoms with Crippen molar-refractivity contribution in [2.75, 3.05) is 20.0 Å². The van der Waals surface area contributed by atoms with Crippen molar-refractivity contribution in [2.45, 2.75) is 44.9 Å². The number of Topliss-reactive ketones (excluding diaryl/α,β-unsaturated/α-hetero) is 1. The Morgan fingerprint density at radius 3 is 2.47 bits per heavy atom. The average Bonchev–Trinajstić information content (AvgIpc) is 3.24. The molecule has 0 fully saturated rings. The van der Waals surface area contributed by atoms with Crippen LogP contribution in [-0.2, 0) is 28.6 Å². The molecule has 5 rings (SSSR count). The molecule has 9 nitrogen and oxygen atoms in total. The smallest absolute Gasteiger partial charge is 0.355 e. The normalized spacial score (nSPS) is 22.1. The van der Waals surface area contributed by atoms with Gasteiger partial charge in [-0.2, -0.15) is 0 Å². The fourth-order valence-corrected chi connectivity index (χ4v) is 4.63. The summed E-state index contributed by atoms with van der Waals surface area (Å²) in [6, 6.07) is 3.59. The van der Waals surface area contributed by atoms with Crippen molar-refractivity contribution in [1.29, 1.82) is 0 Å². The molecule has 0 aromatic heterocycles. The highest BCUT2D eigenvalue weighted by Crippen LogP contribution is 2.51. The van der Waals surface area contributed by atoms with Crippen molar-refractivity contribution in [1.82, 2.24) is 4.90 Å². The highest BCUT2D eigenvalue weighted by molar-refractivity contribution is 6.17. The lowest BCUT2D eigenvalue weighted by Crippen LogP contribution is -2.60. The van der Waals surface area contributed by atoms with Crippen molar-refractivity contribution in [3.05, 3.63) is 40.7 Å². The van der Waals surface area contributed by atoms with Crippen LogP contribution in [0.2, 0.25) is 0 Å². The molecule has 1 aromatic carbocycles. The zero-order valence-electron chi connectivity index (χ0n) is 17.8. The number of rotatable bonds is 4. The first-order chi connectivity index (χ1) is 15.5. The van der Waals surface area contributed by atoms with E-state index in [1.54, 1.807) is 31.0 Å². The maximum atomic E-state index is 13.3. The van der Waals surface area contributed by atoms with Crippen LogP contribution in [0.5, 0.6) is 11.5 Å². The van der Waals surface area contributed by atoms with E-state index in [1.165, 1.54) is 0 Å². The van der Waals surface area contributed by atoms with E-state index in [-0.39, 0.29) is 37.8 Å². The van der Waals surface area contributed by atoms with Crippen LogP contribution in [0.1, 0.15) is 50.5 Å². The number of esters is 2. The SMILES string of the molecule is CCOC(=O)C1(C(=O)OCC)O[C@@H]2c3cc4c(cc3C=CN2C2=C1C(=O)CCC2)OCO4. The Labute approximate surface area is 184 Å². The van der Waals surface area contributed by atoms with E-state index in [0.29, 0.717) is 35.6 Å². The molecule has 0 amide bonds. The monoisotopic (exact) mass is 441 g/mol. The van der Waals surface area contributed by atoms with Crippen LogP contribution >= 0.6 is 0 Å². The van der Waals surface area contributed by atoms with Crippen LogP contribution in [0, 0.1) is 0 Å². The molecule has 0 spiro atoms. The summed E-state index contributed by atoms with van der Waals surface area (Å²) >= 11 is 0. The molecule has 32 heavy (non-hydrogen) atoms. The molecule has 3 aliphatic heterocycles. The molecule has 0 unspecified atom stereocenters. The highest BCUT2D eigenvalue weighted by Gasteiger charge is 2.62. The Hall–Kier alpha value is -3.33. The summed E-state index contributed by atoms with van der Waals surface area (Å²) in [5.74, 6) is -1.07. The Morgan fingerprint density at radius 1 is 1.09 bits per heavy atom. The second-order valence-corrected chi connectivity index (χ2v) is 7.75. The van der Waals surface area contributed by atoms with E-state index in [1.807, 2.05) is 12.1 Å². The van der Waals surface area contributed by atoms with Crippen molar-refractivity contribution < 1.29 is 38.1 Å². The van der Waals surface area contributed by atoms with Gasteiger partial charge in [0, 0.05) is 23.9 Å². The van der Waals surface area contributed by atoms with Gasteiger partial charge in [0.15, 0.2) is 23.5 Å². The highest BCUT2D eigenvalue weighted by atomic mass is 16.7. The number of ether oxygens (including phenoxy) is 5. The van der Waals surface area contributed by atoms with Crippen molar-refractivity contribution in [3.63, 3.8) is 0 Å². The van der Waals surface area contributed by atoms with Crippen LogP contribution in [0.4, 0.5) is 0 Å². The van der Waals surface area contributed by atoms with Gasteiger partial charge in [-0.05, 0) is 50.5 Å². The minimum absolute atomic E-state index is 0.00532. The van der Waals surface area contributed by atoms with E-state index < -0.39 is 23.8 Å². The van der Waals surface area contributed by atoms with Crippen molar-refractivity contribution in [2.24, 2.45) is 0 Å². The molecule has 168 valence electrons. The fraction of sp³-hybridized carbons (Fsp3) is 0.435. The summed E-state index contributed by atoms with van der Waals surface area (Å²) in [6.45, 7) is 3.40. The first-order valence-corrected chi connectivity index (χ1v) is 10.7. The Balaban J connectivity index is 1.73. The second kappa shape index (κ2) is 7.67. The third-order valence-electron chi connectivity index (χ3n) is 5.97. The molecule has 0 bridgehead atoms. The van der Waals surface area contributed by atoms with Gasteiger partial charge >= 0.3 is 11.9 Å². The number of allylic oxidation sites excluding steroid dienone is 1. The summed E-state index contributed by atoms with van der Waals surface area (Å²) in [7, 11) is 0. The van der Waals surface area contributed by atoms with E-state index >= 15 is 0 Å². The molecule has 3 heterocycles. The standard InChI is InChI=1S/C23H23NO8/c1-3-28-21(26)23(22(27)29-4-2)19-15(6-5-7-16(19)25)24-9-8-13-10-17-18(31-12-30-17)11-14(13)20(24)32-23/h8-11,20H,3-7,12H2,1-2H3/t20-/m1/s1. The van der Waals surface area contributed by atoms with E-state index in [0.717, 1.165) is 5.56 Å². The predicted molar refractivity (Wildman–Crippen MR) is 109 cm³/mol. The number of hydrogen-bond acceptors (Lipinski definition) is 9. The molecule has 9 heteroatoms. The predicted octanol–water partition coefficient (Wildman–Crippen LogP) is 2.60. The third-order valence-corrected chi connectivity index (χ3v) is 5.97. The number of fused-ring (bicyclic) bond motifs is 5. The van der Waals surface area contributed by atoms with Crippen LogP contribution in [0.3, 0.4) is 0 Å². The molecule has 1 atom stereocenters. The first-order valence-electron chi connectivity index (χ1n) is 10.7. The van der Waals surface area contributed by atoms with E-state index in [9.17, 15) is 14.4 Å². The molecular weight excluding hydrogens is 418 g/mol. The third kappa shape index (κ3) is 2.84. The van der Waals surface area contributed by atoms with Gasteiger partial charge < -0.3 is 28.6 Å². The Morgan fingerprint density at radius 2 is 1.78 bits per heavy atom. The molecule has 1 aromatic rings. The molecular formula is C23H23NO8. The number of hydrogen-bond donors (Lipinski definition) is 0. The summed E-state index contributed by atoms with van der Waals surface area (Å²) in [5, 5.41) is 0. The Kier molecular flexibility index (Phi) is 4.93. The lowest BCUT2D eigenvalue weighted by Gasteiger charge is -2.48. The lowest BCUT2D eigenvalue weighted by molar-refractivity contribution is -0.207. The van der Waals surface area contributed by atoms with Crippen LogP contribution in [-0.4, -0.2) is 48.2 Å². The van der Waals surface area contributed by atoms with Crippen LogP contribution in [0.15, 0.2) is 29.6 Å². The van der Waals surface area contributed by atoms with Crippen LogP contribution in [0.25, 0.3) is 6.08 Å². The maximum Gasteiger partial charge on any atom is 0.355 e. The summed E-state index contributed by atoms with van der Waals surface area (Å²) < 4.78 is 27.8. The van der Waals surface area contributed by atoms with Gasteiger partial charge in [0.1, 0.15) is 0 Å². The van der Waals surface area contributed by atoms with Gasteiger partial charge in [-0.1, -0.05) is 0 Å². The molecule has 1 aliphatic carbocycles. The van der Waals surface area contributed by atoms with Gasteiger partial charge in [0.2, 0.25) is 6.79 Å². The molecule has 4 aliphatic rings. The summed E-state index contributed by atoms with van der Waals surface area (Å²) in [6.07, 6.45) is 4.13. The maximum absolute atomic E-state index is 13.3. The molecule has 0 N–H and O–H groups in total. The average molecular weight is 441 g/mol. The van der Waals surface area contributed by atoms with E-state index in [4.69, 9.17) is 23.7 Å². The Bertz CT molecular complexity index is 1050. The zero-order chi connectivity index (χ0) is 22.5. The zero-order valence-corrected chi connectivity index (χ0v) is 17.8. The first kappa shape index (κ1) is 20.6. The van der Waals surface area contributed by atoms with Crippen molar-refractivity contribution >= 4 is 23.8 Å². The van der Waals surface area contributed by atoms with Gasteiger partial charge in [0.05, 0.1) is 18.8 Å². The van der Waals surface area contributed by atoms with Crippen LogP contribution < -0.4 is 9.47 Å². The minimum atomic E-state index is -2.29. The quantitative estimate of drug-likeness (QED) is 0.515. The second-order valence-electron chi connectivity index (χ2n) is 7.75. The summed E-state index contributed by atoms with van der Waals surface area (Å²) in [4.78, 5) is 41.5. The fourth-order valence-electron chi connectivity index (χ4n) is 4.63. The number of carbonyl (C=O) groups is 3. The van der Waals surface area contributed by atoms with Gasteiger partial charge in [0.25, 0.3) is 5.60 Å². The molecule has 0 saturated carbocycles. The van der Waals surface area contributed by atoms with Gasteiger partial charge in [-0.3, -0.25) is 4.79 Å². The van der Waals surface area contributed by atoms with Gasteiger partial charge in [-0.15, -0.1) is 0 Å². The topological polar surface area (TPSA) is 101 Å². The number of carbonyl (C=O) groups excluding carboxylic acids is 3. The largest absolute Gasteiger partial charge is 0.463 e. The molecule has 0 saturated heterocycles. The number of ketones is 1. The van der Waals surface area contributed by atoms with Gasteiger partial charge in [-0.25, -0.2) is 9.59 Å². The summed E-state index contributed by atoms with van der Waals surface area (Å²) in [5.41, 5.74) is -0.245. The van der Waals surface area contributed by atoms with Crippen molar-refractivity contribution in [3.8, 4) is 11.5 Å². The lowest BCUT2D eigenvalue weighted by atomic mass is 9.79. The minimum Gasteiger partial charge on any atom is -0.463 e. The number of nitrogens with zero attached hydrogens (tertiary/aromatic N) is 1.